The van der Waals surface area contributed by atoms with Crippen molar-refractivity contribution in [1.29, 1.82) is 0 Å². The standard InChI is InChI=1S/C14H20ClNO2/c1-2-3-9-18-13-6-4-5-12(10-13)7-8-16-14(17)11-15/h4-6,10H,2-3,7-9,11H2,1H3,(H,16,17). The quantitative estimate of drug-likeness (QED) is 0.582. The Morgan fingerprint density at radius 1 is 1.44 bits per heavy atom. The molecule has 0 unspecified atom stereocenters. The van der Waals surface area contributed by atoms with E-state index in [1.165, 1.54) is 0 Å². The van der Waals surface area contributed by atoms with E-state index in [1.54, 1.807) is 0 Å². The van der Waals surface area contributed by atoms with Crippen molar-refractivity contribution in [2.24, 2.45) is 0 Å². The number of carbonyl (C=O) groups is 1. The first kappa shape index (κ1) is 14.8. The molecular weight excluding hydrogens is 250 g/mol. The van der Waals surface area contributed by atoms with Gasteiger partial charge in [0.05, 0.1) is 6.61 Å². The minimum atomic E-state index is -0.132. The van der Waals surface area contributed by atoms with Crippen molar-refractivity contribution >= 4 is 17.5 Å². The molecule has 0 fully saturated rings. The number of amides is 1. The van der Waals surface area contributed by atoms with Gasteiger partial charge in [0.2, 0.25) is 5.91 Å². The zero-order valence-electron chi connectivity index (χ0n) is 10.7. The molecule has 0 bridgehead atoms. The highest BCUT2D eigenvalue weighted by Crippen LogP contribution is 2.14. The minimum absolute atomic E-state index is 0.0141. The fraction of sp³-hybridized carbons (Fsp3) is 0.500. The predicted molar refractivity (Wildman–Crippen MR) is 74.3 cm³/mol. The maximum absolute atomic E-state index is 11.0. The summed E-state index contributed by atoms with van der Waals surface area (Å²) in [5.74, 6) is 0.775. The summed E-state index contributed by atoms with van der Waals surface area (Å²) in [6, 6.07) is 7.97. The second-order valence-corrected chi connectivity index (χ2v) is 4.35. The van der Waals surface area contributed by atoms with Gasteiger partial charge in [-0.3, -0.25) is 4.79 Å². The van der Waals surface area contributed by atoms with Gasteiger partial charge >= 0.3 is 0 Å². The highest BCUT2D eigenvalue weighted by Gasteiger charge is 2.00. The minimum Gasteiger partial charge on any atom is -0.494 e. The van der Waals surface area contributed by atoms with E-state index in [0.29, 0.717) is 6.54 Å². The number of ether oxygens (including phenoxy) is 1. The Morgan fingerprint density at radius 2 is 2.28 bits per heavy atom. The third-order valence-electron chi connectivity index (χ3n) is 2.52. The van der Waals surface area contributed by atoms with Crippen LogP contribution in [0, 0.1) is 0 Å². The Labute approximate surface area is 113 Å². The summed E-state index contributed by atoms with van der Waals surface area (Å²) in [5.41, 5.74) is 1.15. The van der Waals surface area contributed by atoms with Gasteiger partial charge in [-0.1, -0.05) is 25.5 Å². The second-order valence-electron chi connectivity index (χ2n) is 4.08. The maximum atomic E-state index is 11.0. The monoisotopic (exact) mass is 269 g/mol. The lowest BCUT2D eigenvalue weighted by Crippen LogP contribution is -2.26. The molecule has 0 aliphatic rings. The van der Waals surface area contributed by atoms with Gasteiger partial charge in [0, 0.05) is 6.54 Å². The largest absolute Gasteiger partial charge is 0.494 e. The predicted octanol–water partition coefficient (Wildman–Crippen LogP) is 2.76. The molecule has 1 N–H and O–H groups in total. The lowest BCUT2D eigenvalue weighted by molar-refractivity contribution is -0.118. The van der Waals surface area contributed by atoms with Gasteiger partial charge in [0.25, 0.3) is 0 Å². The highest BCUT2D eigenvalue weighted by atomic mass is 35.5. The Bertz CT molecular complexity index is 369. The van der Waals surface area contributed by atoms with Crippen molar-refractivity contribution in [1.82, 2.24) is 5.32 Å². The fourth-order valence-corrected chi connectivity index (χ4v) is 1.61. The number of benzene rings is 1. The van der Waals surface area contributed by atoms with E-state index >= 15 is 0 Å². The van der Waals surface area contributed by atoms with Gasteiger partial charge in [-0.05, 0) is 30.5 Å². The van der Waals surface area contributed by atoms with E-state index in [0.717, 1.165) is 37.2 Å². The first-order valence-electron chi connectivity index (χ1n) is 6.30. The van der Waals surface area contributed by atoms with Crippen molar-refractivity contribution in [3.05, 3.63) is 29.8 Å². The zero-order valence-corrected chi connectivity index (χ0v) is 11.5. The number of halogens is 1. The van der Waals surface area contributed by atoms with Crippen LogP contribution < -0.4 is 10.1 Å². The summed E-state index contributed by atoms with van der Waals surface area (Å²) in [4.78, 5) is 11.0. The molecular formula is C14H20ClNO2. The molecule has 4 heteroatoms. The van der Waals surface area contributed by atoms with E-state index < -0.39 is 0 Å². The number of nitrogens with one attached hydrogen (secondary N) is 1. The maximum Gasteiger partial charge on any atom is 0.234 e. The molecule has 0 aromatic heterocycles. The van der Waals surface area contributed by atoms with Crippen molar-refractivity contribution < 1.29 is 9.53 Å². The molecule has 0 heterocycles. The molecule has 0 saturated carbocycles. The van der Waals surface area contributed by atoms with E-state index in [-0.39, 0.29) is 11.8 Å². The van der Waals surface area contributed by atoms with Crippen LogP contribution >= 0.6 is 11.6 Å². The number of unbranched alkanes of at least 4 members (excludes halogenated alkanes) is 1. The Balaban J connectivity index is 2.36. The van der Waals surface area contributed by atoms with Gasteiger partial charge in [-0.15, -0.1) is 11.6 Å². The van der Waals surface area contributed by atoms with Crippen LogP contribution in [0.2, 0.25) is 0 Å². The third-order valence-corrected chi connectivity index (χ3v) is 2.77. The molecule has 0 spiro atoms. The van der Waals surface area contributed by atoms with Crippen molar-refractivity contribution in [2.45, 2.75) is 26.2 Å². The summed E-state index contributed by atoms with van der Waals surface area (Å²) in [7, 11) is 0. The Hall–Kier alpha value is -1.22. The highest BCUT2D eigenvalue weighted by molar-refractivity contribution is 6.27. The average molecular weight is 270 g/mol. The SMILES string of the molecule is CCCCOc1cccc(CCNC(=O)CCl)c1. The lowest BCUT2D eigenvalue weighted by atomic mass is 10.1. The molecule has 3 nitrogen and oxygen atoms in total. The number of hydrogen-bond donors (Lipinski definition) is 1. The van der Waals surface area contributed by atoms with Crippen molar-refractivity contribution in [3.63, 3.8) is 0 Å². The summed E-state index contributed by atoms with van der Waals surface area (Å²) < 4.78 is 5.63. The number of carbonyl (C=O) groups excluding carboxylic acids is 1. The zero-order chi connectivity index (χ0) is 13.2. The van der Waals surface area contributed by atoms with Crippen molar-refractivity contribution in [3.8, 4) is 5.75 Å². The smallest absolute Gasteiger partial charge is 0.234 e. The Morgan fingerprint density at radius 3 is 3.00 bits per heavy atom. The van der Waals surface area contributed by atoms with Gasteiger partial charge < -0.3 is 10.1 Å². The summed E-state index contributed by atoms with van der Waals surface area (Å²) in [6.45, 7) is 3.49. The molecule has 1 aromatic carbocycles. The topological polar surface area (TPSA) is 38.3 Å². The summed E-state index contributed by atoms with van der Waals surface area (Å²) in [6.07, 6.45) is 2.98. The molecule has 0 saturated heterocycles. The van der Waals surface area contributed by atoms with Gasteiger partial charge in [0.15, 0.2) is 0 Å². The normalized spacial score (nSPS) is 10.1. The number of hydrogen-bond acceptors (Lipinski definition) is 2. The molecule has 0 atom stereocenters. The molecule has 1 amide bonds. The molecule has 0 aliphatic heterocycles. The lowest BCUT2D eigenvalue weighted by Gasteiger charge is -2.08. The van der Waals surface area contributed by atoms with E-state index in [4.69, 9.17) is 16.3 Å². The van der Waals surface area contributed by atoms with Crippen LogP contribution in [0.1, 0.15) is 25.3 Å². The van der Waals surface area contributed by atoms with Crippen LogP contribution in [-0.4, -0.2) is 24.9 Å². The number of alkyl halides is 1. The van der Waals surface area contributed by atoms with Crippen LogP contribution in [-0.2, 0) is 11.2 Å². The van der Waals surface area contributed by atoms with Gasteiger partial charge in [-0.2, -0.15) is 0 Å². The number of rotatable bonds is 8. The third kappa shape index (κ3) is 5.92. The molecule has 1 rings (SSSR count). The molecule has 0 radical (unpaired) electrons. The molecule has 18 heavy (non-hydrogen) atoms. The molecule has 0 aliphatic carbocycles. The first-order chi connectivity index (χ1) is 8.76. The summed E-state index contributed by atoms with van der Waals surface area (Å²) in [5, 5.41) is 2.74. The fourth-order valence-electron chi connectivity index (χ4n) is 1.52. The molecule has 1 aromatic rings. The van der Waals surface area contributed by atoms with E-state index in [1.807, 2.05) is 24.3 Å². The van der Waals surface area contributed by atoms with Crippen LogP contribution in [0.4, 0.5) is 0 Å². The molecule has 100 valence electrons. The van der Waals surface area contributed by atoms with Crippen LogP contribution in [0.5, 0.6) is 5.75 Å². The van der Waals surface area contributed by atoms with Gasteiger partial charge in [-0.25, -0.2) is 0 Å². The van der Waals surface area contributed by atoms with Crippen LogP contribution in [0.15, 0.2) is 24.3 Å². The van der Waals surface area contributed by atoms with E-state index in [9.17, 15) is 4.79 Å². The average Bonchev–Trinajstić information content (AvgIpc) is 2.39. The van der Waals surface area contributed by atoms with E-state index in [2.05, 4.69) is 12.2 Å². The Kier molecular flexibility index (Phi) is 7.26. The summed E-state index contributed by atoms with van der Waals surface area (Å²) >= 11 is 5.40. The second kappa shape index (κ2) is 8.81. The van der Waals surface area contributed by atoms with Gasteiger partial charge in [0.1, 0.15) is 11.6 Å². The first-order valence-corrected chi connectivity index (χ1v) is 6.84. The van der Waals surface area contributed by atoms with Crippen LogP contribution in [0.25, 0.3) is 0 Å². The van der Waals surface area contributed by atoms with Crippen LogP contribution in [0.3, 0.4) is 0 Å². The van der Waals surface area contributed by atoms with Crippen molar-refractivity contribution in [2.75, 3.05) is 19.0 Å².